The van der Waals surface area contributed by atoms with Crippen molar-refractivity contribution >= 4 is 22.8 Å². The van der Waals surface area contributed by atoms with Crippen molar-refractivity contribution in [1.82, 2.24) is 15.8 Å². The maximum Gasteiger partial charge on any atom is 0.443 e. The smallest absolute Gasteiger partial charge is 0.443 e. The number of hydrogen-bond acceptors (Lipinski definition) is 8. The standard InChI is InChI=1S/C12H18N4O6S.H2O/c1-2-21-12(17)14-16-9-15(22-23(18,19)20)8-6-11(16)10-5-3-4-7-13-10;/h3-4,6,9-10,13H,2,5,7-8H2,1H3,(H-,14,17,18,19,20);1H2. The first-order valence-corrected chi connectivity index (χ1v) is 8.35. The Labute approximate surface area is 139 Å². The maximum atomic E-state index is 11.6. The number of carbonyl (C=O) groups is 1. The van der Waals surface area contributed by atoms with Crippen LogP contribution in [-0.2, 0) is 19.4 Å². The molecule has 0 fully saturated rings. The zero-order valence-corrected chi connectivity index (χ0v) is 13.8. The number of hydrazine groups is 1. The molecule has 0 saturated heterocycles. The lowest BCUT2D eigenvalue weighted by Gasteiger charge is -2.25. The quantitative estimate of drug-likeness (QED) is 0.329. The molecule has 0 spiro atoms. The van der Waals surface area contributed by atoms with E-state index in [0.29, 0.717) is 18.7 Å². The van der Waals surface area contributed by atoms with E-state index in [1.165, 1.54) is 11.0 Å². The summed E-state index contributed by atoms with van der Waals surface area (Å²) in [6.07, 6.45) is 6.88. The average Bonchev–Trinajstić information content (AvgIpc) is 2.47. The Morgan fingerprint density at radius 3 is 2.88 bits per heavy atom. The SMILES string of the molecule is CCOC(=O)N[N+]1=CN(OS(=O)(=O)O)CC=C1C1CC=CCN1.[OH-]. The number of rotatable bonds is 5. The summed E-state index contributed by atoms with van der Waals surface area (Å²) >= 11 is 0. The highest BCUT2D eigenvalue weighted by Crippen LogP contribution is 2.14. The zero-order valence-electron chi connectivity index (χ0n) is 13.0. The summed E-state index contributed by atoms with van der Waals surface area (Å²) < 4.78 is 40.9. The molecule has 2 aliphatic rings. The van der Waals surface area contributed by atoms with Gasteiger partial charge in [0, 0.05) is 12.6 Å². The van der Waals surface area contributed by atoms with Crippen LogP contribution < -0.4 is 10.7 Å². The Balaban J connectivity index is 0.00000288. The van der Waals surface area contributed by atoms with E-state index in [2.05, 4.69) is 15.0 Å². The molecule has 1 atom stereocenters. The molecule has 24 heavy (non-hydrogen) atoms. The van der Waals surface area contributed by atoms with E-state index in [4.69, 9.17) is 9.29 Å². The molecule has 0 aromatic carbocycles. The second-order valence-corrected chi connectivity index (χ2v) is 5.72. The average molecular weight is 364 g/mol. The highest BCUT2D eigenvalue weighted by atomic mass is 32.3. The monoisotopic (exact) mass is 364 g/mol. The first-order valence-electron chi connectivity index (χ1n) is 6.98. The van der Waals surface area contributed by atoms with Gasteiger partial charge in [0.05, 0.1) is 12.6 Å². The van der Waals surface area contributed by atoms with Crippen LogP contribution in [0.1, 0.15) is 13.3 Å². The van der Waals surface area contributed by atoms with Gasteiger partial charge in [-0.3, -0.25) is 4.55 Å². The molecular weight excluding hydrogens is 344 g/mol. The number of hydrogen-bond donors (Lipinski definition) is 3. The molecule has 0 saturated carbocycles. The minimum absolute atomic E-state index is 0. The Hall–Kier alpha value is -1.99. The molecule has 1 unspecified atom stereocenters. The fourth-order valence-corrected chi connectivity index (χ4v) is 2.54. The maximum absolute atomic E-state index is 11.6. The Morgan fingerprint density at radius 1 is 1.54 bits per heavy atom. The van der Waals surface area contributed by atoms with Crippen molar-refractivity contribution in [3.8, 4) is 0 Å². The minimum Gasteiger partial charge on any atom is -0.870 e. The second-order valence-electron chi connectivity index (χ2n) is 4.72. The van der Waals surface area contributed by atoms with Crippen molar-refractivity contribution in [2.24, 2.45) is 0 Å². The Morgan fingerprint density at radius 2 is 2.29 bits per heavy atom. The molecule has 2 heterocycles. The molecule has 0 aromatic rings. The van der Waals surface area contributed by atoms with Gasteiger partial charge in [0.2, 0.25) is 0 Å². The molecule has 0 bridgehead atoms. The van der Waals surface area contributed by atoms with Crippen molar-refractivity contribution < 1.29 is 36.9 Å². The third-order valence-electron chi connectivity index (χ3n) is 3.06. The molecule has 136 valence electrons. The molecule has 1 amide bonds. The molecule has 0 aromatic heterocycles. The van der Waals surface area contributed by atoms with Gasteiger partial charge in [0.25, 0.3) is 6.34 Å². The number of nitrogens with zero attached hydrogens (tertiary/aromatic N) is 2. The van der Waals surface area contributed by atoms with Crippen molar-refractivity contribution in [2.45, 2.75) is 19.4 Å². The first-order chi connectivity index (χ1) is 10.9. The first kappa shape index (κ1) is 20.1. The summed E-state index contributed by atoms with van der Waals surface area (Å²) in [5, 5.41) is 4.12. The van der Waals surface area contributed by atoms with Gasteiger partial charge in [0.15, 0.2) is 0 Å². The number of hydrazone groups is 1. The van der Waals surface area contributed by atoms with E-state index in [9.17, 15) is 13.2 Å². The van der Waals surface area contributed by atoms with Gasteiger partial charge in [-0.2, -0.15) is 13.8 Å². The van der Waals surface area contributed by atoms with Gasteiger partial charge in [-0.25, -0.2) is 4.79 Å². The zero-order chi connectivity index (χ0) is 16.9. The molecule has 12 heteroatoms. The summed E-state index contributed by atoms with van der Waals surface area (Å²) in [6.45, 7) is 2.62. The van der Waals surface area contributed by atoms with E-state index in [0.717, 1.165) is 5.06 Å². The normalized spacial score (nSPS) is 20.6. The van der Waals surface area contributed by atoms with E-state index in [1.807, 2.05) is 12.2 Å². The number of amides is 1. The van der Waals surface area contributed by atoms with Gasteiger partial charge < -0.3 is 15.5 Å². The summed E-state index contributed by atoms with van der Waals surface area (Å²) in [6, 6.07) is -0.0638. The van der Waals surface area contributed by atoms with Crippen LogP contribution in [0.15, 0.2) is 23.9 Å². The van der Waals surface area contributed by atoms with Gasteiger partial charge >= 0.3 is 16.5 Å². The van der Waals surface area contributed by atoms with Crippen molar-refractivity contribution in [3.63, 3.8) is 0 Å². The molecule has 2 aliphatic heterocycles. The van der Waals surface area contributed by atoms with Gasteiger partial charge in [0.1, 0.15) is 12.2 Å². The lowest BCUT2D eigenvalue weighted by atomic mass is 10.1. The minimum atomic E-state index is -4.66. The van der Waals surface area contributed by atoms with Crippen LogP contribution in [0.4, 0.5) is 4.79 Å². The summed E-state index contributed by atoms with van der Waals surface area (Å²) in [5.41, 5.74) is 3.18. The molecular formula is C12H20N4O7S. The van der Waals surface area contributed by atoms with Gasteiger partial charge in [-0.15, -0.1) is 4.68 Å². The van der Waals surface area contributed by atoms with E-state index in [1.54, 1.807) is 13.0 Å². The number of nitrogens with one attached hydrogen (secondary N) is 2. The molecule has 4 N–H and O–H groups in total. The fraction of sp³-hybridized carbons (Fsp3) is 0.500. The number of ether oxygens (including phenoxy) is 1. The highest BCUT2D eigenvalue weighted by molar-refractivity contribution is 7.80. The van der Waals surface area contributed by atoms with Crippen molar-refractivity contribution in [1.29, 1.82) is 0 Å². The topological polar surface area (TPSA) is 150 Å². The van der Waals surface area contributed by atoms with Crippen molar-refractivity contribution in [2.75, 3.05) is 19.7 Å². The Kier molecular flexibility index (Phi) is 7.31. The largest absolute Gasteiger partial charge is 0.870 e. The molecule has 11 nitrogen and oxygen atoms in total. The third kappa shape index (κ3) is 5.90. The van der Waals surface area contributed by atoms with Crippen LogP contribution in [0.5, 0.6) is 0 Å². The van der Waals surface area contributed by atoms with Crippen LogP contribution in [0.3, 0.4) is 0 Å². The fourth-order valence-electron chi connectivity index (χ4n) is 2.19. The van der Waals surface area contributed by atoms with E-state index in [-0.39, 0.29) is 24.7 Å². The number of carbonyl (C=O) groups excluding carboxylic acids is 1. The Bertz CT molecular complexity index is 644. The summed E-state index contributed by atoms with van der Waals surface area (Å²) in [4.78, 5) is 11.6. The third-order valence-corrected chi connectivity index (χ3v) is 3.44. The highest BCUT2D eigenvalue weighted by Gasteiger charge is 2.30. The van der Waals surface area contributed by atoms with Crippen LogP contribution in [0.2, 0.25) is 0 Å². The van der Waals surface area contributed by atoms with E-state index < -0.39 is 16.5 Å². The predicted octanol–water partition coefficient (Wildman–Crippen LogP) is -0.636. The lowest BCUT2D eigenvalue weighted by molar-refractivity contribution is -0.536. The van der Waals surface area contributed by atoms with Crippen LogP contribution in [-0.4, -0.2) is 66.4 Å². The van der Waals surface area contributed by atoms with Crippen LogP contribution in [0, 0.1) is 0 Å². The van der Waals surface area contributed by atoms with Crippen LogP contribution in [0.25, 0.3) is 0 Å². The predicted molar refractivity (Wildman–Crippen MR) is 81.4 cm³/mol. The molecule has 0 radical (unpaired) electrons. The van der Waals surface area contributed by atoms with Crippen LogP contribution >= 0.6 is 0 Å². The van der Waals surface area contributed by atoms with E-state index >= 15 is 0 Å². The second kappa shape index (κ2) is 8.75. The lowest BCUT2D eigenvalue weighted by Crippen LogP contribution is -2.48. The van der Waals surface area contributed by atoms with Gasteiger partial charge in [-0.1, -0.05) is 17.2 Å². The van der Waals surface area contributed by atoms with Crippen molar-refractivity contribution in [3.05, 3.63) is 23.9 Å². The molecule has 2 rings (SSSR count). The van der Waals surface area contributed by atoms with Gasteiger partial charge in [-0.05, 0) is 17.6 Å². The summed E-state index contributed by atoms with van der Waals surface area (Å²) in [5.74, 6) is 0. The summed E-state index contributed by atoms with van der Waals surface area (Å²) in [7, 11) is -4.66. The molecule has 0 aliphatic carbocycles. The number of hydroxylamine groups is 2.